The minimum Gasteiger partial charge on any atom is -0.309 e. The van der Waals surface area contributed by atoms with Crippen LogP contribution in [0.4, 0.5) is 0 Å². The van der Waals surface area contributed by atoms with Crippen LogP contribution in [0.1, 0.15) is 17.8 Å². The van der Waals surface area contributed by atoms with Gasteiger partial charge in [-0.25, -0.2) is 0 Å². The van der Waals surface area contributed by atoms with E-state index < -0.39 is 0 Å². The zero-order chi connectivity index (χ0) is 9.84. The Morgan fingerprint density at radius 2 is 2.08 bits per heavy atom. The molecule has 0 aliphatic carbocycles. The van der Waals surface area contributed by atoms with E-state index in [-0.39, 0.29) is 0 Å². The maximum atomic E-state index is 4.41. The summed E-state index contributed by atoms with van der Waals surface area (Å²) in [5, 5.41) is 4.41. The summed E-state index contributed by atoms with van der Waals surface area (Å²) in [6.45, 7) is 6.29. The molecule has 0 spiro atoms. The summed E-state index contributed by atoms with van der Waals surface area (Å²) in [7, 11) is 4.20. The molecule has 0 radical (unpaired) electrons. The molecule has 1 aromatic rings. The molecule has 3 heteroatoms. The van der Waals surface area contributed by atoms with E-state index in [0.717, 1.165) is 25.2 Å². The van der Waals surface area contributed by atoms with Crippen molar-refractivity contribution in [1.82, 2.24) is 14.7 Å². The van der Waals surface area contributed by atoms with Crippen molar-refractivity contribution in [2.45, 2.75) is 26.8 Å². The van der Waals surface area contributed by atoms with Crippen molar-refractivity contribution in [2.24, 2.45) is 0 Å². The van der Waals surface area contributed by atoms with E-state index in [1.165, 1.54) is 5.69 Å². The monoisotopic (exact) mass is 181 g/mol. The maximum absolute atomic E-state index is 4.41. The van der Waals surface area contributed by atoms with Crippen molar-refractivity contribution in [2.75, 3.05) is 20.6 Å². The molecule has 0 fully saturated rings. The lowest BCUT2D eigenvalue weighted by atomic mass is 10.4. The second-order valence-corrected chi connectivity index (χ2v) is 3.81. The van der Waals surface area contributed by atoms with Crippen molar-refractivity contribution in [3.63, 3.8) is 0 Å². The third-order valence-corrected chi connectivity index (χ3v) is 2.08. The van der Waals surface area contributed by atoms with Crippen LogP contribution in [0.2, 0.25) is 0 Å². The third kappa shape index (κ3) is 3.19. The lowest BCUT2D eigenvalue weighted by molar-refractivity contribution is 0.379. The highest BCUT2D eigenvalue weighted by Crippen LogP contribution is 2.02. The molecule has 0 saturated carbocycles. The van der Waals surface area contributed by atoms with Gasteiger partial charge >= 0.3 is 0 Å². The Morgan fingerprint density at radius 1 is 1.38 bits per heavy atom. The lowest BCUT2D eigenvalue weighted by Gasteiger charge is -2.09. The van der Waals surface area contributed by atoms with E-state index in [2.05, 4.69) is 41.8 Å². The first-order valence-electron chi connectivity index (χ1n) is 4.75. The van der Waals surface area contributed by atoms with E-state index in [1.807, 2.05) is 6.92 Å². The first-order chi connectivity index (χ1) is 6.09. The Morgan fingerprint density at radius 3 is 2.54 bits per heavy atom. The van der Waals surface area contributed by atoms with Gasteiger partial charge in [0.05, 0.1) is 5.69 Å². The summed E-state index contributed by atoms with van der Waals surface area (Å²) >= 11 is 0. The predicted octanol–water partition coefficient (Wildman–Crippen LogP) is 1.45. The summed E-state index contributed by atoms with van der Waals surface area (Å²) in [5.41, 5.74) is 2.37. The van der Waals surface area contributed by atoms with Crippen LogP contribution in [0.25, 0.3) is 0 Å². The SMILES string of the molecule is Cc1cc(C)n(CCCN(C)C)n1. The highest BCUT2D eigenvalue weighted by Gasteiger charge is 1.99. The van der Waals surface area contributed by atoms with Gasteiger partial charge in [0.1, 0.15) is 0 Å². The molecule has 0 aromatic carbocycles. The molecular formula is C10H19N3. The smallest absolute Gasteiger partial charge is 0.0596 e. The van der Waals surface area contributed by atoms with Gasteiger partial charge < -0.3 is 4.90 Å². The van der Waals surface area contributed by atoms with Crippen molar-refractivity contribution >= 4 is 0 Å². The van der Waals surface area contributed by atoms with Gasteiger partial charge in [-0.15, -0.1) is 0 Å². The minimum absolute atomic E-state index is 1.03. The van der Waals surface area contributed by atoms with Crippen LogP contribution in [0, 0.1) is 13.8 Å². The first kappa shape index (κ1) is 10.3. The van der Waals surface area contributed by atoms with Crippen LogP contribution in [-0.2, 0) is 6.54 Å². The normalized spacial score (nSPS) is 11.2. The fraction of sp³-hybridized carbons (Fsp3) is 0.700. The highest BCUT2D eigenvalue weighted by molar-refractivity contribution is 5.06. The Hall–Kier alpha value is -0.830. The van der Waals surface area contributed by atoms with Gasteiger partial charge in [-0.2, -0.15) is 5.10 Å². The van der Waals surface area contributed by atoms with Crippen LogP contribution < -0.4 is 0 Å². The van der Waals surface area contributed by atoms with E-state index in [1.54, 1.807) is 0 Å². The number of aromatic nitrogens is 2. The molecule has 0 atom stereocenters. The Kier molecular flexibility index (Phi) is 3.48. The van der Waals surface area contributed by atoms with E-state index in [0.29, 0.717) is 0 Å². The van der Waals surface area contributed by atoms with Crippen molar-refractivity contribution < 1.29 is 0 Å². The van der Waals surface area contributed by atoms with Gasteiger partial charge in [-0.3, -0.25) is 4.68 Å². The largest absolute Gasteiger partial charge is 0.309 e. The number of nitrogens with zero attached hydrogens (tertiary/aromatic N) is 3. The molecule has 0 aliphatic rings. The molecule has 0 unspecified atom stereocenters. The molecule has 1 heterocycles. The van der Waals surface area contributed by atoms with Crippen molar-refractivity contribution in [3.8, 4) is 0 Å². The second-order valence-electron chi connectivity index (χ2n) is 3.81. The molecular weight excluding hydrogens is 162 g/mol. The summed E-state index contributed by atoms with van der Waals surface area (Å²) < 4.78 is 2.08. The second kappa shape index (κ2) is 4.42. The van der Waals surface area contributed by atoms with Crippen LogP contribution >= 0.6 is 0 Å². The lowest BCUT2D eigenvalue weighted by Crippen LogP contribution is -2.15. The van der Waals surface area contributed by atoms with E-state index >= 15 is 0 Å². The standard InChI is InChI=1S/C10H19N3/c1-9-8-10(2)13(11-9)7-5-6-12(3)4/h8H,5-7H2,1-4H3. The van der Waals surface area contributed by atoms with Gasteiger partial charge in [0.15, 0.2) is 0 Å². The van der Waals surface area contributed by atoms with Crippen molar-refractivity contribution in [1.29, 1.82) is 0 Å². The highest BCUT2D eigenvalue weighted by atomic mass is 15.3. The first-order valence-corrected chi connectivity index (χ1v) is 4.75. The summed E-state index contributed by atoms with van der Waals surface area (Å²) in [6.07, 6.45) is 1.16. The Bertz CT molecular complexity index is 263. The maximum Gasteiger partial charge on any atom is 0.0596 e. The average Bonchev–Trinajstić information content (AvgIpc) is 2.29. The number of aryl methyl sites for hydroxylation is 3. The van der Waals surface area contributed by atoms with E-state index in [4.69, 9.17) is 0 Å². The fourth-order valence-corrected chi connectivity index (χ4v) is 1.44. The molecule has 3 nitrogen and oxygen atoms in total. The fourth-order valence-electron chi connectivity index (χ4n) is 1.44. The molecule has 0 saturated heterocycles. The molecule has 0 amide bonds. The quantitative estimate of drug-likeness (QED) is 0.701. The molecule has 1 rings (SSSR count). The number of hydrogen-bond donors (Lipinski definition) is 0. The summed E-state index contributed by atoms with van der Waals surface area (Å²) in [4.78, 5) is 2.20. The Labute approximate surface area is 80.4 Å². The molecule has 0 bridgehead atoms. The van der Waals surface area contributed by atoms with Gasteiger partial charge in [-0.1, -0.05) is 0 Å². The summed E-state index contributed by atoms with van der Waals surface area (Å²) in [6, 6.07) is 2.12. The van der Waals surface area contributed by atoms with Crippen molar-refractivity contribution in [3.05, 3.63) is 17.5 Å². The van der Waals surface area contributed by atoms with Crippen LogP contribution in [0.3, 0.4) is 0 Å². The van der Waals surface area contributed by atoms with Gasteiger partial charge in [0, 0.05) is 12.2 Å². The van der Waals surface area contributed by atoms with Crippen LogP contribution in [-0.4, -0.2) is 35.3 Å². The number of hydrogen-bond acceptors (Lipinski definition) is 2. The molecule has 0 aliphatic heterocycles. The number of rotatable bonds is 4. The minimum atomic E-state index is 1.03. The zero-order valence-corrected chi connectivity index (χ0v) is 9.04. The molecule has 0 N–H and O–H groups in total. The summed E-state index contributed by atoms with van der Waals surface area (Å²) in [5.74, 6) is 0. The predicted molar refractivity (Wildman–Crippen MR) is 54.9 cm³/mol. The Balaban J connectivity index is 2.40. The topological polar surface area (TPSA) is 21.1 Å². The van der Waals surface area contributed by atoms with Crippen LogP contribution in [0.15, 0.2) is 6.07 Å². The van der Waals surface area contributed by atoms with Gasteiger partial charge in [0.2, 0.25) is 0 Å². The van der Waals surface area contributed by atoms with Crippen LogP contribution in [0.5, 0.6) is 0 Å². The molecule has 13 heavy (non-hydrogen) atoms. The van der Waals surface area contributed by atoms with Gasteiger partial charge in [-0.05, 0) is 47.0 Å². The molecule has 1 aromatic heterocycles. The molecule has 74 valence electrons. The third-order valence-electron chi connectivity index (χ3n) is 2.08. The van der Waals surface area contributed by atoms with E-state index in [9.17, 15) is 0 Å². The zero-order valence-electron chi connectivity index (χ0n) is 9.04. The van der Waals surface area contributed by atoms with Gasteiger partial charge in [0.25, 0.3) is 0 Å². The average molecular weight is 181 g/mol.